The first-order valence-corrected chi connectivity index (χ1v) is 7.13. The second kappa shape index (κ2) is 5.71. The summed E-state index contributed by atoms with van der Waals surface area (Å²) in [4.78, 5) is 4.04. The minimum absolute atomic E-state index is 0.164. The van der Waals surface area contributed by atoms with Crippen LogP contribution in [-0.2, 0) is 0 Å². The Kier molecular flexibility index (Phi) is 3.79. The lowest BCUT2D eigenvalue weighted by atomic mass is 9.93. The molecule has 2 heterocycles. The van der Waals surface area contributed by atoms with E-state index in [1.54, 1.807) is 12.4 Å². The Hall–Kier alpha value is -1.74. The monoisotopic (exact) mass is 289 g/mol. The summed E-state index contributed by atoms with van der Waals surface area (Å²) >= 11 is 6.67. The van der Waals surface area contributed by atoms with Crippen molar-refractivity contribution in [1.82, 2.24) is 4.98 Å². The van der Waals surface area contributed by atoms with Gasteiger partial charge in [-0.2, -0.15) is 0 Å². The molecule has 1 aliphatic heterocycles. The Morgan fingerprint density at radius 2 is 1.85 bits per heavy atom. The number of ether oxygens (including phenoxy) is 2. The summed E-state index contributed by atoms with van der Waals surface area (Å²) in [6.45, 7) is 3.26. The van der Waals surface area contributed by atoms with Crippen molar-refractivity contribution in [3.63, 3.8) is 0 Å². The zero-order valence-corrected chi connectivity index (χ0v) is 12.0. The molecule has 104 valence electrons. The lowest BCUT2D eigenvalue weighted by Crippen LogP contribution is -2.17. The van der Waals surface area contributed by atoms with Gasteiger partial charge in [-0.15, -0.1) is 11.6 Å². The number of fused-ring (bicyclic) bond motifs is 1. The number of halogens is 1. The van der Waals surface area contributed by atoms with Crippen LogP contribution in [0.1, 0.15) is 29.3 Å². The molecule has 0 saturated carbocycles. The minimum Gasteiger partial charge on any atom is -0.486 e. The zero-order valence-electron chi connectivity index (χ0n) is 11.3. The smallest absolute Gasteiger partial charge is 0.166 e. The van der Waals surface area contributed by atoms with Crippen molar-refractivity contribution in [3.05, 3.63) is 53.9 Å². The van der Waals surface area contributed by atoms with Crippen LogP contribution in [0.5, 0.6) is 11.5 Å². The Bertz CT molecular complexity index is 588. The third-order valence-corrected chi connectivity index (χ3v) is 4.18. The van der Waals surface area contributed by atoms with Gasteiger partial charge in [0.15, 0.2) is 11.5 Å². The molecule has 0 N–H and O–H groups in total. The largest absolute Gasteiger partial charge is 0.486 e. The summed E-state index contributed by atoms with van der Waals surface area (Å²) < 4.78 is 11.3. The molecule has 2 unspecified atom stereocenters. The molecular weight excluding hydrogens is 274 g/mol. The maximum Gasteiger partial charge on any atom is 0.166 e. The Morgan fingerprint density at radius 1 is 1.10 bits per heavy atom. The number of pyridine rings is 1. The molecule has 2 aromatic rings. The van der Waals surface area contributed by atoms with E-state index in [4.69, 9.17) is 21.1 Å². The predicted octanol–water partition coefficient (Wildman–Crippen LogP) is 3.94. The maximum absolute atomic E-state index is 6.67. The van der Waals surface area contributed by atoms with Crippen molar-refractivity contribution in [2.45, 2.75) is 18.2 Å². The average molecular weight is 290 g/mol. The molecule has 0 saturated heterocycles. The molecule has 3 rings (SSSR count). The molecule has 1 aromatic heterocycles. The molecule has 4 heteroatoms. The first-order chi connectivity index (χ1) is 9.77. The number of benzene rings is 1. The van der Waals surface area contributed by atoms with E-state index in [2.05, 4.69) is 11.9 Å². The van der Waals surface area contributed by atoms with Crippen LogP contribution in [0, 0.1) is 0 Å². The second-order valence-corrected chi connectivity index (χ2v) is 5.31. The van der Waals surface area contributed by atoms with Gasteiger partial charge in [-0.3, -0.25) is 4.98 Å². The third kappa shape index (κ3) is 2.46. The molecule has 0 radical (unpaired) electrons. The van der Waals surface area contributed by atoms with E-state index in [-0.39, 0.29) is 11.3 Å². The van der Waals surface area contributed by atoms with E-state index in [1.165, 1.54) is 0 Å². The van der Waals surface area contributed by atoms with Crippen LogP contribution in [0.4, 0.5) is 0 Å². The highest BCUT2D eigenvalue weighted by Crippen LogP contribution is 2.44. The number of aromatic nitrogens is 1. The van der Waals surface area contributed by atoms with E-state index in [0.29, 0.717) is 13.2 Å². The highest BCUT2D eigenvalue weighted by molar-refractivity contribution is 6.21. The van der Waals surface area contributed by atoms with E-state index in [0.717, 1.165) is 22.6 Å². The first-order valence-electron chi connectivity index (χ1n) is 6.70. The van der Waals surface area contributed by atoms with Gasteiger partial charge in [0.25, 0.3) is 0 Å². The molecular formula is C16H16ClNO2. The van der Waals surface area contributed by atoms with E-state index < -0.39 is 0 Å². The van der Waals surface area contributed by atoms with Crippen molar-refractivity contribution in [2.24, 2.45) is 0 Å². The van der Waals surface area contributed by atoms with Crippen molar-refractivity contribution in [3.8, 4) is 11.5 Å². The van der Waals surface area contributed by atoms with Crippen LogP contribution in [0.15, 0.2) is 42.7 Å². The highest BCUT2D eigenvalue weighted by atomic mass is 35.5. The predicted molar refractivity (Wildman–Crippen MR) is 78.7 cm³/mol. The lowest BCUT2D eigenvalue weighted by Gasteiger charge is -2.25. The summed E-state index contributed by atoms with van der Waals surface area (Å²) in [6.07, 6.45) is 3.57. The molecule has 1 aromatic carbocycles. The normalized spacial score (nSPS) is 16.5. The Labute approximate surface area is 123 Å². The van der Waals surface area contributed by atoms with Gasteiger partial charge < -0.3 is 9.47 Å². The number of alkyl halides is 1. The van der Waals surface area contributed by atoms with E-state index in [1.807, 2.05) is 30.3 Å². The van der Waals surface area contributed by atoms with Gasteiger partial charge in [0.05, 0.1) is 5.38 Å². The molecule has 0 aliphatic carbocycles. The van der Waals surface area contributed by atoms with Gasteiger partial charge >= 0.3 is 0 Å². The van der Waals surface area contributed by atoms with Crippen molar-refractivity contribution >= 4 is 11.6 Å². The fraction of sp³-hybridized carbons (Fsp3) is 0.312. The quantitative estimate of drug-likeness (QED) is 0.802. The summed E-state index contributed by atoms with van der Waals surface area (Å²) in [6, 6.07) is 9.86. The summed E-state index contributed by atoms with van der Waals surface area (Å²) in [5, 5.41) is -0.172. The fourth-order valence-electron chi connectivity index (χ4n) is 2.42. The molecule has 2 atom stereocenters. The zero-order chi connectivity index (χ0) is 13.9. The van der Waals surface area contributed by atoms with Gasteiger partial charge in [-0.05, 0) is 23.8 Å². The Balaban J connectivity index is 1.93. The van der Waals surface area contributed by atoms with Gasteiger partial charge in [0.1, 0.15) is 13.2 Å². The van der Waals surface area contributed by atoms with Crippen molar-refractivity contribution in [1.29, 1.82) is 0 Å². The minimum atomic E-state index is -0.172. The number of rotatable bonds is 3. The van der Waals surface area contributed by atoms with Gasteiger partial charge in [-0.1, -0.05) is 19.1 Å². The fourth-order valence-corrected chi connectivity index (χ4v) is 2.74. The molecule has 0 bridgehead atoms. The van der Waals surface area contributed by atoms with Crippen LogP contribution in [0.3, 0.4) is 0 Å². The lowest BCUT2D eigenvalue weighted by molar-refractivity contribution is 0.169. The molecule has 3 nitrogen and oxygen atoms in total. The number of nitrogens with zero attached hydrogens (tertiary/aromatic N) is 1. The number of hydrogen-bond acceptors (Lipinski definition) is 3. The first kappa shape index (κ1) is 13.3. The molecule has 0 spiro atoms. The summed E-state index contributed by atoms with van der Waals surface area (Å²) in [5.41, 5.74) is 2.14. The third-order valence-electron chi connectivity index (χ3n) is 3.56. The molecule has 0 fully saturated rings. The SMILES string of the molecule is CC(c1ccncc1)C(Cl)c1cccc2c1OCCO2. The van der Waals surface area contributed by atoms with Crippen LogP contribution in [0.25, 0.3) is 0 Å². The van der Waals surface area contributed by atoms with E-state index >= 15 is 0 Å². The van der Waals surface area contributed by atoms with Crippen LogP contribution in [-0.4, -0.2) is 18.2 Å². The van der Waals surface area contributed by atoms with Gasteiger partial charge in [-0.25, -0.2) is 0 Å². The van der Waals surface area contributed by atoms with Crippen LogP contribution in [0.2, 0.25) is 0 Å². The van der Waals surface area contributed by atoms with Crippen LogP contribution < -0.4 is 9.47 Å². The summed E-state index contributed by atoms with van der Waals surface area (Å²) in [7, 11) is 0. The van der Waals surface area contributed by atoms with Gasteiger partial charge in [0.2, 0.25) is 0 Å². The van der Waals surface area contributed by atoms with Crippen LogP contribution >= 0.6 is 11.6 Å². The molecule has 20 heavy (non-hydrogen) atoms. The highest BCUT2D eigenvalue weighted by Gasteiger charge is 2.25. The standard InChI is InChI=1S/C16H16ClNO2/c1-11(12-5-7-18-8-6-12)15(17)13-3-2-4-14-16(13)20-10-9-19-14/h2-8,11,15H,9-10H2,1H3. The average Bonchev–Trinajstić information content (AvgIpc) is 2.54. The maximum atomic E-state index is 6.67. The molecule has 1 aliphatic rings. The summed E-state index contributed by atoms with van der Waals surface area (Å²) in [5.74, 6) is 1.72. The van der Waals surface area contributed by atoms with Crippen molar-refractivity contribution < 1.29 is 9.47 Å². The number of para-hydroxylation sites is 1. The van der Waals surface area contributed by atoms with Gasteiger partial charge in [0, 0.05) is 23.9 Å². The van der Waals surface area contributed by atoms with E-state index in [9.17, 15) is 0 Å². The topological polar surface area (TPSA) is 31.4 Å². The second-order valence-electron chi connectivity index (χ2n) is 4.84. The number of hydrogen-bond donors (Lipinski definition) is 0. The van der Waals surface area contributed by atoms with Crippen molar-refractivity contribution in [2.75, 3.05) is 13.2 Å². The Morgan fingerprint density at radius 3 is 2.65 bits per heavy atom. The molecule has 0 amide bonds.